The summed E-state index contributed by atoms with van der Waals surface area (Å²) in [6.45, 7) is 1.18. The second-order valence-electron chi connectivity index (χ2n) is 4.73. The molecule has 1 N–H and O–H groups in total. The molecule has 1 heterocycles. The van der Waals surface area contributed by atoms with E-state index in [-0.39, 0.29) is 11.7 Å². The molecule has 0 atom stereocenters. The molecular weight excluding hydrogens is 232 g/mol. The van der Waals surface area contributed by atoms with E-state index in [4.69, 9.17) is 9.47 Å². The maximum atomic E-state index is 12.0. The molecule has 18 heavy (non-hydrogen) atoms. The average molecular weight is 250 g/mol. The summed E-state index contributed by atoms with van der Waals surface area (Å²) in [5.41, 5.74) is 0.546. The van der Waals surface area contributed by atoms with Crippen LogP contribution in [-0.4, -0.2) is 31.4 Å². The van der Waals surface area contributed by atoms with Crippen molar-refractivity contribution in [2.24, 2.45) is 5.41 Å². The van der Waals surface area contributed by atoms with Gasteiger partial charge in [-0.3, -0.25) is 4.79 Å². The number of carbonyl (C=O) groups excluding carboxylic acids is 1. The molecule has 1 fully saturated rings. The molecule has 0 spiro atoms. The molecule has 1 aromatic rings. The normalized spacial score (nSPS) is 18.3. The van der Waals surface area contributed by atoms with Gasteiger partial charge in [0.2, 0.25) is 0 Å². The molecule has 0 saturated carbocycles. The zero-order valence-corrected chi connectivity index (χ0v) is 10.5. The van der Waals surface area contributed by atoms with Gasteiger partial charge >= 0.3 is 5.97 Å². The van der Waals surface area contributed by atoms with E-state index in [1.807, 2.05) is 12.1 Å². The van der Waals surface area contributed by atoms with Crippen LogP contribution in [0.15, 0.2) is 24.3 Å². The number of hydrogen-bond acceptors (Lipinski definition) is 4. The lowest BCUT2D eigenvalue weighted by molar-refractivity contribution is -0.158. The molecule has 0 amide bonds. The van der Waals surface area contributed by atoms with Crippen molar-refractivity contribution in [3.05, 3.63) is 29.8 Å². The topological polar surface area (TPSA) is 55.8 Å². The monoisotopic (exact) mass is 250 g/mol. The highest BCUT2D eigenvalue weighted by Gasteiger charge is 2.41. The highest BCUT2D eigenvalue weighted by molar-refractivity contribution is 5.77. The third-order valence-electron chi connectivity index (χ3n) is 3.55. The number of aromatic hydroxyl groups is 1. The van der Waals surface area contributed by atoms with Gasteiger partial charge in [-0.25, -0.2) is 0 Å². The zero-order valence-electron chi connectivity index (χ0n) is 10.5. The van der Waals surface area contributed by atoms with Crippen LogP contribution in [0.1, 0.15) is 18.4 Å². The van der Waals surface area contributed by atoms with E-state index < -0.39 is 5.41 Å². The van der Waals surface area contributed by atoms with Crippen LogP contribution >= 0.6 is 0 Å². The van der Waals surface area contributed by atoms with Crippen molar-refractivity contribution in [1.82, 2.24) is 0 Å². The van der Waals surface area contributed by atoms with Gasteiger partial charge in [-0.2, -0.15) is 0 Å². The number of phenolic OH excluding ortho intramolecular Hbond substituents is 1. The largest absolute Gasteiger partial charge is 0.508 e. The molecule has 4 heteroatoms. The lowest BCUT2D eigenvalue weighted by Gasteiger charge is -2.34. The molecule has 0 bridgehead atoms. The maximum Gasteiger partial charge on any atom is 0.312 e. The number of carbonyl (C=O) groups is 1. The minimum atomic E-state index is -0.482. The third-order valence-corrected chi connectivity index (χ3v) is 3.55. The predicted octanol–water partition coefficient (Wildman–Crippen LogP) is 1.90. The van der Waals surface area contributed by atoms with E-state index in [1.54, 1.807) is 12.1 Å². The maximum absolute atomic E-state index is 12.0. The first kappa shape index (κ1) is 12.9. The first-order valence-electron chi connectivity index (χ1n) is 6.10. The van der Waals surface area contributed by atoms with Crippen LogP contribution < -0.4 is 0 Å². The predicted molar refractivity (Wildman–Crippen MR) is 66.3 cm³/mol. The van der Waals surface area contributed by atoms with Gasteiger partial charge in [0, 0.05) is 13.2 Å². The highest BCUT2D eigenvalue weighted by atomic mass is 16.5. The van der Waals surface area contributed by atoms with E-state index in [2.05, 4.69) is 0 Å². The second-order valence-corrected chi connectivity index (χ2v) is 4.73. The van der Waals surface area contributed by atoms with Gasteiger partial charge in [0.25, 0.3) is 0 Å². The molecule has 4 nitrogen and oxygen atoms in total. The van der Waals surface area contributed by atoms with Crippen LogP contribution in [0.4, 0.5) is 0 Å². The Labute approximate surface area is 107 Å². The standard InChI is InChI=1S/C14H18O4/c1-17-13(16)14(6-8-18-9-7-14)10-11-2-4-12(15)5-3-11/h2-5,15H,6-10H2,1H3. The van der Waals surface area contributed by atoms with Crippen molar-refractivity contribution in [2.45, 2.75) is 19.3 Å². The highest BCUT2D eigenvalue weighted by Crippen LogP contribution is 2.35. The Morgan fingerprint density at radius 2 is 1.94 bits per heavy atom. The summed E-state index contributed by atoms with van der Waals surface area (Å²) in [7, 11) is 1.43. The van der Waals surface area contributed by atoms with Gasteiger partial charge in [0.05, 0.1) is 12.5 Å². The van der Waals surface area contributed by atoms with Crippen LogP contribution in [-0.2, 0) is 20.7 Å². The van der Waals surface area contributed by atoms with Crippen LogP contribution in [0, 0.1) is 5.41 Å². The second kappa shape index (κ2) is 5.40. The third kappa shape index (κ3) is 2.64. The molecular formula is C14H18O4. The smallest absolute Gasteiger partial charge is 0.312 e. The zero-order chi connectivity index (χ0) is 13.0. The first-order chi connectivity index (χ1) is 8.66. The van der Waals surface area contributed by atoms with E-state index in [0.29, 0.717) is 32.5 Å². The Morgan fingerprint density at radius 3 is 2.50 bits per heavy atom. The minimum absolute atomic E-state index is 0.168. The summed E-state index contributed by atoms with van der Waals surface area (Å²) in [5, 5.41) is 9.27. The summed E-state index contributed by atoms with van der Waals surface area (Å²) >= 11 is 0. The van der Waals surface area contributed by atoms with Gasteiger partial charge < -0.3 is 14.6 Å². The summed E-state index contributed by atoms with van der Waals surface area (Å²) in [6, 6.07) is 6.96. The van der Waals surface area contributed by atoms with Crippen molar-refractivity contribution in [1.29, 1.82) is 0 Å². The summed E-state index contributed by atoms with van der Waals surface area (Å²) < 4.78 is 10.3. The first-order valence-corrected chi connectivity index (χ1v) is 6.10. The Bertz CT molecular complexity index is 404. The molecule has 0 radical (unpaired) electrons. The number of methoxy groups -OCH3 is 1. The molecule has 1 saturated heterocycles. The van der Waals surface area contributed by atoms with E-state index in [9.17, 15) is 9.90 Å². The van der Waals surface area contributed by atoms with Crippen molar-refractivity contribution in [3.63, 3.8) is 0 Å². The SMILES string of the molecule is COC(=O)C1(Cc2ccc(O)cc2)CCOCC1. The van der Waals surface area contributed by atoms with E-state index in [0.717, 1.165) is 5.56 Å². The van der Waals surface area contributed by atoms with Crippen LogP contribution in [0.3, 0.4) is 0 Å². The molecule has 2 rings (SSSR count). The number of hydrogen-bond donors (Lipinski definition) is 1. The van der Waals surface area contributed by atoms with Gasteiger partial charge in [0.1, 0.15) is 5.75 Å². The molecule has 0 aliphatic carbocycles. The molecule has 0 aromatic heterocycles. The molecule has 1 aliphatic rings. The number of phenols is 1. The molecule has 98 valence electrons. The fraction of sp³-hybridized carbons (Fsp3) is 0.500. The van der Waals surface area contributed by atoms with Gasteiger partial charge in [-0.05, 0) is 37.0 Å². The molecule has 1 aromatic carbocycles. The fourth-order valence-corrected chi connectivity index (χ4v) is 2.44. The van der Waals surface area contributed by atoms with Crippen molar-refractivity contribution < 1.29 is 19.4 Å². The van der Waals surface area contributed by atoms with Crippen LogP contribution in [0.5, 0.6) is 5.75 Å². The van der Waals surface area contributed by atoms with Crippen LogP contribution in [0.25, 0.3) is 0 Å². The van der Waals surface area contributed by atoms with Gasteiger partial charge in [-0.1, -0.05) is 12.1 Å². The van der Waals surface area contributed by atoms with E-state index in [1.165, 1.54) is 7.11 Å². The summed E-state index contributed by atoms with van der Waals surface area (Å²) in [5.74, 6) is 0.0664. The minimum Gasteiger partial charge on any atom is -0.508 e. The number of esters is 1. The number of benzene rings is 1. The molecule has 1 aliphatic heterocycles. The Hall–Kier alpha value is -1.55. The van der Waals surface area contributed by atoms with Gasteiger partial charge in [0.15, 0.2) is 0 Å². The molecule has 0 unspecified atom stereocenters. The van der Waals surface area contributed by atoms with Crippen LogP contribution in [0.2, 0.25) is 0 Å². The van der Waals surface area contributed by atoms with Crippen molar-refractivity contribution in [2.75, 3.05) is 20.3 Å². The van der Waals surface area contributed by atoms with Crippen molar-refractivity contribution in [3.8, 4) is 5.75 Å². The Morgan fingerprint density at radius 1 is 1.33 bits per heavy atom. The lowest BCUT2D eigenvalue weighted by atomic mass is 9.75. The number of ether oxygens (including phenoxy) is 2. The Kier molecular flexibility index (Phi) is 3.87. The average Bonchev–Trinajstić information content (AvgIpc) is 2.41. The fourth-order valence-electron chi connectivity index (χ4n) is 2.44. The lowest BCUT2D eigenvalue weighted by Crippen LogP contribution is -2.40. The summed E-state index contributed by atoms with van der Waals surface area (Å²) in [4.78, 5) is 12.0. The number of rotatable bonds is 3. The summed E-state index contributed by atoms with van der Waals surface area (Å²) in [6.07, 6.45) is 1.99. The van der Waals surface area contributed by atoms with Gasteiger partial charge in [-0.15, -0.1) is 0 Å². The van der Waals surface area contributed by atoms with E-state index >= 15 is 0 Å². The quantitative estimate of drug-likeness (QED) is 0.832. The Balaban J connectivity index is 2.19. The van der Waals surface area contributed by atoms with Crippen molar-refractivity contribution >= 4 is 5.97 Å².